The van der Waals surface area contributed by atoms with Gasteiger partial charge in [0, 0.05) is 13.0 Å². The predicted octanol–water partition coefficient (Wildman–Crippen LogP) is 3.79. The van der Waals surface area contributed by atoms with Gasteiger partial charge in [-0.3, -0.25) is 4.79 Å². The molecule has 8 nitrogen and oxygen atoms in total. The molecule has 0 saturated carbocycles. The molecule has 1 unspecified atom stereocenters. The monoisotopic (exact) mass is 464 g/mol. The van der Waals surface area contributed by atoms with Crippen LogP contribution in [0.25, 0.3) is 0 Å². The molecule has 0 aromatic heterocycles. The molecule has 0 aliphatic rings. The second-order valence-electron chi connectivity index (χ2n) is 7.47. The van der Waals surface area contributed by atoms with Crippen molar-refractivity contribution in [3.63, 3.8) is 0 Å². The quantitative estimate of drug-likeness (QED) is 0.141. The lowest BCUT2D eigenvalue weighted by Gasteiger charge is -2.10. The maximum absolute atomic E-state index is 11.2. The summed E-state index contributed by atoms with van der Waals surface area (Å²) in [4.78, 5) is 11.2. The van der Waals surface area contributed by atoms with Crippen molar-refractivity contribution < 1.29 is 38.0 Å². The van der Waals surface area contributed by atoms with Crippen LogP contribution in [0.15, 0.2) is 0 Å². The molecule has 0 heterocycles. The molecule has 192 valence electrons. The maximum atomic E-state index is 11.2. The van der Waals surface area contributed by atoms with Crippen molar-refractivity contribution in [3.05, 3.63) is 0 Å². The van der Waals surface area contributed by atoms with Crippen LogP contribution in [0.5, 0.6) is 0 Å². The van der Waals surface area contributed by atoms with E-state index in [0.29, 0.717) is 85.2 Å². The molecule has 0 amide bonds. The van der Waals surface area contributed by atoms with E-state index in [1.54, 1.807) is 0 Å². The molecule has 0 radical (unpaired) electrons. The molecule has 0 N–H and O–H groups in total. The van der Waals surface area contributed by atoms with Crippen molar-refractivity contribution in [1.29, 1.82) is 0 Å². The summed E-state index contributed by atoms with van der Waals surface area (Å²) in [7, 11) is 0. The zero-order chi connectivity index (χ0) is 23.5. The normalized spacial score (nSPS) is 12.2. The van der Waals surface area contributed by atoms with E-state index >= 15 is 0 Å². The Hall–Kier alpha value is -0.770. The van der Waals surface area contributed by atoms with E-state index < -0.39 is 0 Å². The summed E-state index contributed by atoms with van der Waals surface area (Å²) < 4.78 is 37.8. The van der Waals surface area contributed by atoms with E-state index in [1.807, 2.05) is 6.92 Å². The standard InChI is InChI=1S/C24H48O8/c1-4-23(3)32-22-21-30-20-19-29-18-17-28-16-15-27-14-13-26-12-10-8-6-7-9-11-24(25)31-5-2/h23H,4-22H2,1-3H3. The molecule has 1 atom stereocenters. The summed E-state index contributed by atoms with van der Waals surface area (Å²) in [5.41, 5.74) is 0. The van der Waals surface area contributed by atoms with Crippen LogP contribution in [0.3, 0.4) is 0 Å². The summed E-state index contributed by atoms with van der Waals surface area (Å²) >= 11 is 0. The second kappa shape index (κ2) is 26.5. The highest BCUT2D eigenvalue weighted by Crippen LogP contribution is 2.06. The molecule has 32 heavy (non-hydrogen) atoms. The third kappa shape index (κ3) is 25.5. The van der Waals surface area contributed by atoms with Crippen LogP contribution in [0, 0.1) is 0 Å². The maximum Gasteiger partial charge on any atom is 0.305 e. The molecule has 8 heteroatoms. The fourth-order valence-electron chi connectivity index (χ4n) is 2.64. The molecule has 0 aliphatic heterocycles. The van der Waals surface area contributed by atoms with E-state index in [-0.39, 0.29) is 5.97 Å². The van der Waals surface area contributed by atoms with Crippen LogP contribution >= 0.6 is 0 Å². The van der Waals surface area contributed by atoms with Gasteiger partial charge in [-0.2, -0.15) is 0 Å². The second-order valence-corrected chi connectivity index (χ2v) is 7.47. The minimum atomic E-state index is -0.0884. The first-order valence-corrected chi connectivity index (χ1v) is 12.4. The number of ether oxygens (including phenoxy) is 7. The van der Waals surface area contributed by atoms with Crippen molar-refractivity contribution in [1.82, 2.24) is 0 Å². The van der Waals surface area contributed by atoms with Crippen LogP contribution in [0.4, 0.5) is 0 Å². The van der Waals surface area contributed by atoms with Crippen LogP contribution in [-0.2, 0) is 38.0 Å². The van der Waals surface area contributed by atoms with Crippen molar-refractivity contribution in [2.45, 2.75) is 71.8 Å². The number of rotatable bonds is 26. The molecule has 0 aromatic carbocycles. The highest BCUT2D eigenvalue weighted by Gasteiger charge is 2.01. The number of hydrogen-bond donors (Lipinski definition) is 0. The van der Waals surface area contributed by atoms with Gasteiger partial charge < -0.3 is 33.2 Å². The van der Waals surface area contributed by atoms with Crippen molar-refractivity contribution in [2.75, 3.05) is 79.3 Å². The first-order valence-electron chi connectivity index (χ1n) is 12.4. The third-order valence-corrected chi connectivity index (χ3v) is 4.67. The Labute approximate surface area is 195 Å². The van der Waals surface area contributed by atoms with E-state index in [9.17, 15) is 4.79 Å². The zero-order valence-corrected chi connectivity index (χ0v) is 20.8. The SMILES string of the molecule is CCOC(=O)CCCCCCCOCCOCCOCCOCCOCCOC(C)CC. The van der Waals surface area contributed by atoms with Crippen molar-refractivity contribution in [2.24, 2.45) is 0 Å². The minimum absolute atomic E-state index is 0.0884. The summed E-state index contributed by atoms with van der Waals surface area (Å²) in [6.07, 6.45) is 7.10. The lowest BCUT2D eigenvalue weighted by atomic mass is 10.1. The van der Waals surface area contributed by atoms with E-state index in [4.69, 9.17) is 33.2 Å². The van der Waals surface area contributed by atoms with Gasteiger partial charge >= 0.3 is 5.97 Å². The summed E-state index contributed by atoms with van der Waals surface area (Å²) in [6.45, 7) is 13.0. The highest BCUT2D eigenvalue weighted by molar-refractivity contribution is 5.69. The van der Waals surface area contributed by atoms with Crippen LogP contribution in [-0.4, -0.2) is 91.4 Å². The number of carbonyl (C=O) groups excluding carboxylic acids is 1. The molecule has 0 spiro atoms. The molecule has 0 bridgehead atoms. The largest absolute Gasteiger partial charge is 0.466 e. The smallest absolute Gasteiger partial charge is 0.305 e. The van der Waals surface area contributed by atoms with Gasteiger partial charge in [-0.1, -0.05) is 26.2 Å². The fourth-order valence-corrected chi connectivity index (χ4v) is 2.64. The van der Waals surface area contributed by atoms with Gasteiger partial charge in [-0.05, 0) is 33.1 Å². The van der Waals surface area contributed by atoms with Crippen LogP contribution in [0.2, 0.25) is 0 Å². The van der Waals surface area contributed by atoms with Gasteiger partial charge in [0.15, 0.2) is 0 Å². The van der Waals surface area contributed by atoms with E-state index in [2.05, 4.69) is 13.8 Å². The molecule has 0 aliphatic carbocycles. The van der Waals surface area contributed by atoms with Crippen LogP contribution < -0.4 is 0 Å². The van der Waals surface area contributed by atoms with Gasteiger partial charge in [0.05, 0.1) is 78.8 Å². The Morgan fingerprint density at radius 2 is 1.03 bits per heavy atom. The number of carbonyl (C=O) groups is 1. The van der Waals surface area contributed by atoms with Gasteiger partial charge in [-0.25, -0.2) is 0 Å². The Morgan fingerprint density at radius 1 is 0.594 bits per heavy atom. The van der Waals surface area contributed by atoms with Crippen molar-refractivity contribution in [3.8, 4) is 0 Å². The first-order chi connectivity index (χ1) is 15.7. The average molecular weight is 465 g/mol. The highest BCUT2D eigenvalue weighted by atomic mass is 16.6. The Balaban J connectivity index is 3.06. The van der Waals surface area contributed by atoms with Gasteiger partial charge in [0.2, 0.25) is 0 Å². The summed E-state index contributed by atoms with van der Waals surface area (Å²) in [5.74, 6) is -0.0884. The van der Waals surface area contributed by atoms with Crippen LogP contribution in [0.1, 0.15) is 65.7 Å². The van der Waals surface area contributed by atoms with Crippen molar-refractivity contribution >= 4 is 5.97 Å². The molecular formula is C24H48O8. The molecule has 0 aromatic rings. The van der Waals surface area contributed by atoms with E-state index in [0.717, 1.165) is 45.1 Å². The molecule has 0 saturated heterocycles. The number of unbranched alkanes of at least 4 members (excludes halogenated alkanes) is 4. The zero-order valence-electron chi connectivity index (χ0n) is 20.8. The average Bonchev–Trinajstić information content (AvgIpc) is 2.79. The van der Waals surface area contributed by atoms with E-state index in [1.165, 1.54) is 0 Å². The Morgan fingerprint density at radius 3 is 1.53 bits per heavy atom. The third-order valence-electron chi connectivity index (χ3n) is 4.67. The lowest BCUT2D eigenvalue weighted by molar-refractivity contribution is -0.143. The molecule has 0 rings (SSSR count). The Kier molecular flexibility index (Phi) is 25.8. The minimum Gasteiger partial charge on any atom is -0.466 e. The van der Waals surface area contributed by atoms with Gasteiger partial charge in [0.1, 0.15) is 0 Å². The lowest BCUT2D eigenvalue weighted by Crippen LogP contribution is -2.15. The predicted molar refractivity (Wildman–Crippen MR) is 124 cm³/mol. The first kappa shape index (κ1) is 31.2. The van der Waals surface area contributed by atoms with Gasteiger partial charge in [-0.15, -0.1) is 0 Å². The summed E-state index contributed by atoms with van der Waals surface area (Å²) in [5, 5.41) is 0. The summed E-state index contributed by atoms with van der Waals surface area (Å²) in [6, 6.07) is 0. The fraction of sp³-hybridized carbons (Fsp3) is 0.958. The molecular weight excluding hydrogens is 416 g/mol. The Bertz CT molecular complexity index is 381. The van der Waals surface area contributed by atoms with Gasteiger partial charge in [0.25, 0.3) is 0 Å². The molecule has 0 fully saturated rings. The number of hydrogen-bond acceptors (Lipinski definition) is 8. The number of esters is 1. The topological polar surface area (TPSA) is 81.7 Å².